The lowest BCUT2D eigenvalue weighted by Gasteiger charge is -2.24. The number of likely N-dealkylation sites (N-methyl/N-ethyl adjacent to an activating group) is 1. The van der Waals surface area contributed by atoms with Crippen molar-refractivity contribution >= 4 is 7.82 Å². The van der Waals surface area contributed by atoms with Crippen LogP contribution in [0.1, 0.15) is 77.6 Å². The first-order valence-electron chi connectivity index (χ1n) is 11.3. The van der Waals surface area contributed by atoms with E-state index < -0.39 is 13.9 Å². The van der Waals surface area contributed by atoms with Gasteiger partial charge >= 0.3 is 7.82 Å². The van der Waals surface area contributed by atoms with E-state index in [9.17, 15) is 14.6 Å². The topological polar surface area (TPSA) is 85.2 Å². The minimum Gasteiger partial charge on any atom is -0.388 e. The van der Waals surface area contributed by atoms with Crippen molar-refractivity contribution in [3.63, 3.8) is 0 Å². The van der Waals surface area contributed by atoms with E-state index in [0.29, 0.717) is 17.6 Å². The van der Waals surface area contributed by atoms with Crippen molar-refractivity contribution in [2.75, 3.05) is 54.1 Å². The van der Waals surface area contributed by atoms with Crippen molar-refractivity contribution in [2.24, 2.45) is 0 Å². The number of aliphatic hydroxyl groups is 1. The van der Waals surface area contributed by atoms with E-state index in [1.165, 1.54) is 57.8 Å². The van der Waals surface area contributed by atoms with Crippen LogP contribution in [-0.2, 0) is 18.3 Å². The first-order valence-corrected chi connectivity index (χ1v) is 12.8. The zero-order chi connectivity index (χ0) is 22.0. The van der Waals surface area contributed by atoms with Crippen molar-refractivity contribution in [1.29, 1.82) is 0 Å². The predicted octanol–water partition coefficient (Wildman–Crippen LogP) is 4.51. The number of phosphoric acid groups is 1. The summed E-state index contributed by atoms with van der Waals surface area (Å²) < 4.78 is 27.5. The van der Waals surface area contributed by atoms with Gasteiger partial charge in [-0.25, -0.2) is 4.57 Å². The molecule has 0 rings (SSSR count). The van der Waals surface area contributed by atoms with Gasteiger partial charge in [0.2, 0.25) is 0 Å². The third-order valence-corrected chi connectivity index (χ3v) is 5.63. The average molecular weight is 441 g/mol. The zero-order valence-corrected chi connectivity index (χ0v) is 20.2. The van der Waals surface area contributed by atoms with Gasteiger partial charge in [-0.3, -0.25) is 9.05 Å². The molecular weight excluding hydrogens is 393 g/mol. The van der Waals surface area contributed by atoms with Crippen LogP contribution in [0.15, 0.2) is 0 Å². The molecule has 0 saturated carbocycles. The minimum absolute atomic E-state index is 0.0939. The molecule has 0 saturated heterocycles. The van der Waals surface area contributed by atoms with E-state index in [2.05, 4.69) is 6.92 Å². The first kappa shape index (κ1) is 29.0. The summed E-state index contributed by atoms with van der Waals surface area (Å²) in [5.74, 6) is 0. The smallest absolute Gasteiger partial charge is 0.388 e. The first-order chi connectivity index (χ1) is 13.7. The normalized spacial score (nSPS) is 15.4. The summed E-state index contributed by atoms with van der Waals surface area (Å²) in [5, 5.41) is 9.80. The quantitative estimate of drug-likeness (QED) is 0.155. The van der Waals surface area contributed by atoms with Crippen molar-refractivity contribution in [3.8, 4) is 0 Å². The van der Waals surface area contributed by atoms with Gasteiger partial charge in [-0.1, -0.05) is 71.1 Å². The highest BCUT2D eigenvalue weighted by molar-refractivity contribution is 7.47. The van der Waals surface area contributed by atoms with E-state index >= 15 is 0 Å². The van der Waals surface area contributed by atoms with Crippen LogP contribution in [0.25, 0.3) is 0 Å². The highest BCUT2D eigenvalue weighted by atomic mass is 31.2. The molecule has 2 unspecified atom stereocenters. The molecule has 0 spiro atoms. The molecule has 0 aliphatic rings. The number of ether oxygens (including phenoxy) is 1. The molecule has 7 nitrogen and oxygen atoms in total. The third-order valence-electron chi connectivity index (χ3n) is 4.65. The summed E-state index contributed by atoms with van der Waals surface area (Å²) in [6.07, 6.45) is 13.1. The van der Waals surface area contributed by atoms with Crippen LogP contribution in [-0.4, -0.2) is 74.7 Å². The van der Waals surface area contributed by atoms with Gasteiger partial charge in [0, 0.05) is 6.61 Å². The van der Waals surface area contributed by atoms with Gasteiger partial charge in [-0.15, -0.1) is 0 Å². The molecule has 2 N–H and O–H groups in total. The van der Waals surface area contributed by atoms with Crippen LogP contribution in [0.2, 0.25) is 0 Å². The van der Waals surface area contributed by atoms with Crippen molar-refractivity contribution in [2.45, 2.75) is 83.7 Å². The summed E-state index contributed by atoms with van der Waals surface area (Å²) >= 11 is 0. The summed E-state index contributed by atoms with van der Waals surface area (Å²) in [5.41, 5.74) is 0. The fraction of sp³-hybridized carbons (Fsp3) is 1.00. The summed E-state index contributed by atoms with van der Waals surface area (Å²) in [7, 11) is 1.75. The fourth-order valence-corrected chi connectivity index (χ4v) is 3.53. The lowest BCUT2D eigenvalue weighted by Crippen LogP contribution is -2.37. The molecule has 8 heteroatoms. The highest BCUT2D eigenvalue weighted by Crippen LogP contribution is 2.43. The highest BCUT2D eigenvalue weighted by Gasteiger charge is 2.24. The van der Waals surface area contributed by atoms with Gasteiger partial charge in [-0.05, 0) is 6.42 Å². The van der Waals surface area contributed by atoms with Crippen LogP contribution in [0.3, 0.4) is 0 Å². The molecule has 0 aromatic rings. The molecule has 0 aliphatic carbocycles. The molecule has 0 radical (unpaired) electrons. The lowest BCUT2D eigenvalue weighted by atomic mass is 10.1. The Bertz CT molecular complexity index is 416. The molecule has 0 amide bonds. The van der Waals surface area contributed by atoms with Gasteiger partial charge < -0.3 is 19.2 Å². The molecule has 0 heterocycles. The van der Waals surface area contributed by atoms with Gasteiger partial charge in [0.1, 0.15) is 19.3 Å². The van der Waals surface area contributed by atoms with E-state index in [0.717, 1.165) is 12.8 Å². The molecule has 2 atom stereocenters. The number of quaternary nitrogens is 1. The molecular formula is C21H47NO6P+. The van der Waals surface area contributed by atoms with E-state index in [4.69, 9.17) is 13.8 Å². The molecule has 0 bridgehead atoms. The Morgan fingerprint density at radius 1 is 0.793 bits per heavy atom. The second-order valence-corrected chi connectivity index (χ2v) is 10.3. The Morgan fingerprint density at radius 2 is 1.31 bits per heavy atom. The number of nitrogens with zero attached hydrogens (tertiary/aromatic N) is 1. The second kappa shape index (κ2) is 17.6. The maximum atomic E-state index is 11.7. The molecule has 0 aliphatic heterocycles. The largest absolute Gasteiger partial charge is 0.472 e. The Labute approximate surface area is 178 Å². The Balaban J connectivity index is 3.47. The lowest BCUT2D eigenvalue weighted by molar-refractivity contribution is -0.870. The monoisotopic (exact) mass is 440 g/mol. The molecule has 0 fully saturated rings. The van der Waals surface area contributed by atoms with Crippen molar-refractivity contribution < 1.29 is 32.8 Å². The predicted molar refractivity (Wildman–Crippen MR) is 118 cm³/mol. The molecule has 176 valence electrons. The second-order valence-electron chi connectivity index (χ2n) is 8.88. The average Bonchev–Trinajstić information content (AvgIpc) is 2.62. The maximum absolute atomic E-state index is 11.7. The standard InChI is InChI=1S/C21H46NO6P/c1-5-6-7-8-9-10-11-12-13-14-15-17-26-19-21(23)20-28-29(24,25)27-18-16-22(2,3)4/h21,23H,5-20H2,1-4H3/p+1. The van der Waals surface area contributed by atoms with Crippen molar-refractivity contribution in [1.82, 2.24) is 0 Å². The number of hydrogen-bond donors (Lipinski definition) is 2. The Morgan fingerprint density at radius 3 is 1.83 bits per heavy atom. The van der Waals surface area contributed by atoms with Crippen LogP contribution >= 0.6 is 7.82 Å². The third kappa shape index (κ3) is 22.5. The molecule has 0 aromatic carbocycles. The summed E-state index contributed by atoms with van der Waals surface area (Å²) in [6, 6.07) is 0. The Kier molecular flexibility index (Phi) is 17.6. The van der Waals surface area contributed by atoms with Gasteiger partial charge in [0.15, 0.2) is 0 Å². The van der Waals surface area contributed by atoms with E-state index in [1.807, 2.05) is 21.1 Å². The number of rotatable bonds is 21. The van der Waals surface area contributed by atoms with Gasteiger partial charge in [0.05, 0.1) is 34.4 Å². The SMILES string of the molecule is CCCCCCCCCCCCCOCC(O)COP(=O)(O)OCC[N+](C)(C)C. The van der Waals surface area contributed by atoms with Gasteiger partial charge in [0.25, 0.3) is 0 Å². The summed E-state index contributed by atoms with van der Waals surface area (Å²) in [6.45, 7) is 3.34. The zero-order valence-electron chi connectivity index (χ0n) is 19.3. The molecule has 0 aromatic heterocycles. The van der Waals surface area contributed by atoms with Crippen LogP contribution < -0.4 is 0 Å². The van der Waals surface area contributed by atoms with Gasteiger partial charge in [-0.2, -0.15) is 0 Å². The number of phosphoric ester groups is 1. The van der Waals surface area contributed by atoms with Crippen LogP contribution in [0.5, 0.6) is 0 Å². The van der Waals surface area contributed by atoms with Crippen LogP contribution in [0.4, 0.5) is 0 Å². The van der Waals surface area contributed by atoms with Crippen LogP contribution in [0, 0.1) is 0 Å². The molecule has 29 heavy (non-hydrogen) atoms. The maximum Gasteiger partial charge on any atom is 0.472 e. The fourth-order valence-electron chi connectivity index (χ4n) is 2.78. The minimum atomic E-state index is -4.13. The number of unbranched alkanes of at least 4 members (excludes halogenated alkanes) is 10. The number of hydrogen-bond acceptors (Lipinski definition) is 5. The van der Waals surface area contributed by atoms with E-state index in [1.54, 1.807) is 0 Å². The summed E-state index contributed by atoms with van der Waals surface area (Å²) in [4.78, 5) is 9.60. The van der Waals surface area contributed by atoms with E-state index in [-0.39, 0.29) is 19.8 Å². The van der Waals surface area contributed by atoms with Crippen molar-refractivity contribution in [3.05, 3.63) is 0 Å². The number of aliphatic hydroxyl groups excluding tert-OH is 1. The Hall–Kier alpha value is -0.0100.